The van der Waals surface area contributed by atoms with E-state index in [9.17, 15) is 9.59 Å². The van der Waals surface area contributed by atoms with Gasteiger partial charge in [-0.3, -0.25) is 9.59 Å². The summed E-state index contributed by atoms with van der Waals surface area (Å²) in [6.07, 6.45) is 16.1. The molecule has 1 N–H and O–H groups in total. The van der Waals surface area contributed by atoms with E-state index in [1.807, 2.05) is 13.0 Å². The molecule has 0 saturated carbocycles. The summed E-state index contributed by atoms with van der Waals surface area (Å²) < 4.78 is 5.47. The fourth-order valence-corrected chi connectivity index (χ4v) is 3.60. The number of rotatable bonds is 7. The molecule has 0 bridgehead atoms. The van der Waals surface area contributed by atoms with Gasteiger partial charge in [-0.25, -0.2) is 0 Å². The zero-order chi connectivity index (χ0) is 18.3. The van der Waals surface area contributed by atoms with E-state index in [0.717, 1.165) is 43.9 Å². The van der Waals surface area contributed by atoms with Gasteiger partial charge in [-0.1, -0.05) is 42.5 Å². The van der Waals surface area contributed by atoms with Crippen LogP contribution in [0.4, 0.5) is 4.79 Å². The summed E-state index contributed by atoms with van der Waals surface area (Å²) in [6, 6.07) is 0. The largest absolute Gasteiger partial charge is 0.431 e. The van der Waals surface area contributed by atoms with Crippen molar-refractivity contribution in [3.8, 4) is 0 Å². The Morgan fingerprint density at radius 2 is 2.20 bits per heavy atom. The molecule has 4 nitrogen and oxygen atoms in total. The highest BCUT2D eigenvalue weighted by atomic mass is 32.2. The van der Waals surface area contributed by atoms with Gasteiger partial charge in [0.25, 0.3) is 5.24 Å². The van der Waals surface area contributed by atoms with Crippen LogP contribution in [0.3, 0.4) is 0 Å². The molecule has 1 amide bonds. The van der Waals surface area contributed by atoms with Gasteiger partial charge in [-0.05, 0) is 57.3 Å². The molecular weight excluding hydrogens is 334 g/mol. The van der Waals surface area contributed by atoms with Gasteiger partial charge < -0.3 is 10.1 Å². The third-order valence-electron chi connectivity index (χ3n) is 4.85. The van der Waals surface area contributed by atoms with Crippen LogP contribution in [0.15, 0.2) is 35.6 Å². The highest BCUT2D eigenvalue weighted by Gasteiger charge is 2.31. The first kappa shape index (κ1) is 19.8. The molecule has 0 aromatic carbocycles. The number of hydrogen-bond acceptors (Lipinski definition) is 4. The zero-order valence-electron chi connectivity index (χ0n) is 15.5. The molecule has 0 fully saturated rings. The van der Waals surface area contributed by atoms with Crippen molar-refractivity contribution < 1.29 is 14.3 Å². The van der Waals surface area contributed by atoms with E-state index in [4.69, 9.17) is 4.74 Å². The van der Waals surface area contributed by atoms with E-state index in [1.165, 1.54) is 5.57 Å². The van der Waals surface area contributed by atoms with Gasteiger partial charge in [0.15, 0.2) is 0 Å². The maximum Gasteiger partial charge on any atom is 0.310 e. The van der Waals surface area contributed by atoms with Crippen molar-refractivity contribution in [3.63, 3.8) is 0 Å². The van der Waals surface area contributed by atoms with E-state index in [1.54, 1.807) is 6.26 Å². The summed E-state index contributed by atoms with van der Waals surface area (Å²) in [5, 5.41) is 2.88. The molecule has 2 aliphatic rings. The van der Waals surface area contributed by atoms with E-state index in [0.29, 0.717) is 24.5 Å². The lowest BCUT2D eigenvalue weighted by Crippen LogP contribution is -2.40. The molecule has 138 valence electrons. The number of carbonyl (C=O) groups excluding carboxylic acids is 2. The normalized spacial score (nSPS) is 25.3. The summed E-state index contributed by atoms with van der Waals surface area (Å²) in [6.45, 7) is 4.21. The van der Waals surface area contributed by atoms with E-state index in [-0.39, 0.29) is 11.2 Å². The maximum atomic E-state index is 12.0. The molecule has 0 aromatic heterocycles. The second-order valence-electron chi connectivity index (χ2n) is 7.13. The SMILES string of the molecule is CSC(=O)NC1(C)C=C(OC(=O)CCCCC2=CC=CCC2C)CC1. The number of carbonyl (C=O) groups is 2. The first-order chi connectivity index (χ1) is 11.9. The van der Waals surface area contributed by atoms with Gasteiger partial charge in [0.2, 0.25) is 0 Å². The molecule has 2 atom stereocenters. The Labute approximate surface area is 155 Å². The number of amides is 1. The topological polar surface area (TPSA) is 55.4 Å². The Balaban J connectivity index is 1.69. The lowest BCUT2D eigenvalue weighted by atomic mass is 9.89. The summed E-state index contributed by atoms with van der Waals surface area (Å²) in [5.74, 6) is 1.13. The van der Waals surface area contributed by atoms with Crippen LogP contribution >= 0.6 is 11.8 Å². The fraction of sp³-hybridized carbons (Fsp3) is 0.600. The molecule has 5 heteroatoms. The first-order valence-electron chi connectivity index (χ1n) is 9.06. The molecule has 25 heavy (non-hydrogen) atoms. The van der Waals surface area contributed by atoms with Crippen LogP contribution in [0.5, 0.6) is 0 Å². The first-order valence-corrected chi connectivity index (χ1v) is 10.3. The Bertz CT molecular complexity index is 594. The maximum absolute atomic E-state index is 12.0. The lowest BCUT2D eigenvalue weighted by molar-refractivity contribution is -0.139. The van der Waals surface area contributed by atoms with Crippen LogP contribution in [-0.2, 0) is 9.53 Å². The van der Waals surface area contributed by atoms with Crippen molar-refractivity contribution >= 4 is 23.0 Å². The third kappa shape index (κ3) is 6.38. The average molecular weight is 364 g/mol. The molecule has 0 spiro atoms. The van der Waals surface area contributed by atoms with Gasteiger partial charge >= 0.3 is 5.97 Å². The Morgan fingerprint density at radius 1 is 1.40 bits per heavy atom. The van der Waals surface area contributed by atoms with Crippen molar-refractivity contribution in [1.29, 1.82) is 0 Å². The van der Waals surface area contributed by atoms with Crippen LogP contribution in [0, 0.1) is 5.92 Å². The molecule has 0 radical (unpaired) electrons. The highest BCUT2D eigenvalue weighted by molar-refractivity contribution is 8.12. The lowest BCUT2D eigenvalue weighted by Gasteiger charge is -2.22. The summed E-state index contributed by atoms with van der Waals surface area (Å²) in [7, 11) is 0. The zero-order valence-corrected chi connectivity index (χ0v) is 16.3. The van der Waals surface area contributed by atoms with Crippen LogP contribution in [-0.4, -0.2) is 23.0 Å². The Kier molecular flexibility index (Phi) is 7.36. The van der Waals surface area contributed by atoms with Gasteiger partial charge in [0.1, 0.15) is 5.76 Å². The molecule has 2 unspecified atom stereocenters. The van der Waals surface area contributed by atoms with Crippen LogP contribution < -0.4 is 5.32 Å². The van der Waals surface area contributed by atoms with Gasteiger partial charge in [0, 0.05) is 12.8 Å². The van der Waals surface area contributed by atoms with Gasteiger partial charge in [0.05, 0.1) is 5.54 Å². The van der Waals surface area contributed by atoms with Crippen molar-refractivity contribution in [2.24, 2.45) is 5.92 Å². The molecule has 2 aliphatic carbocycles. The summed E-state index contributed by atoms with van der Waals surface area (Å²) in [5.41, 5.74) is 1.07. The molecule has 0 aliphatic heterocycles. The molecule has 2 rings (SSSR count). The quantitative estimate of drug-likeness (QED) is 0.504. The Morgan fingerprint density at radius 3 is 2.92 bits per heavy atom. The third-order valence-corrected chi connectivity index (χ3v) is 5.33. The van der Waals surface area contributed by atoms with Crippen molar-refractivity contribution in [1.82, 2.24) is 5.32 Å². The van der Waals surface area contributed by atoms with Crippen molar-refractivity contribution in [2.75, 3.05) is 6.26 Å². The minimum Gasteiger partial charge on any atom is -0.431 e. The van der Waals surface area contributed by atoms with E-state index in [2.05, 4.69) is 30.5 Å². The van der Waals surface area contributed by atoms with Crippen LogP contribution in [0.2, 0.25) is 0 Å². The predicted molar refractivity (Wildman–Crippen MR) is 103 cm³/mol. The number of ether oxygens (including phenoxy) is 1. The minimum absolute atomic E-state index is 0.0626. The van der Waals surface area contributed by atoms with Crippen LogP contribution in [0.25, 0.3) is 0 Å². The second-order valence-corrected chi connectivity index (χ2v) is 7.91. The van der Waals surface area contributed by atoms with Gasteiger partial charge in [-0.15, -0.1) is 0 Å². The van der Waals surface area contributed by atoms with Gasteiger partial charge in [-0.2, -0.15) is 0 Å². The standard InChI is InChI=1S/C20H29NO3S/c1-15-8-4-5-9-16(15)10-6-7-11-18(22)24-17-12-13-20(2,14-17)21-19(23)25-3/h4-5,9,14-15H,6-8,10-13H2,1-3H3,(H,21,23). The number of esters is 1. The summed E-state index contributed by atoms with van der Waals surface area (Å²) in [4.78, 5) is 23.6. The van der Waals surface area contributed by atoms with Crippen molar-refractivity contribution in [2.45, 2.75) is 64.3 Å². The van der Waals surface area contributed by atoms with Crippen LogP contribution in [0.1, 0.15) is 58.8 Å². The average Bonchev–Trinajstić information content (AvgIpc) is 2.93. The Hall–Kier alpha value is -1.49. The number of nitrogens with one attached hydrogen (secondary N) is 1. The number of allylic oxidation sites excluding steroid dienone is 5. The molecule has 0 aromatic rings. The summed E-state index contributed by atoms with van der Waals surface area (Å²) >= 11 is 1.15. The fourth-order valence-electron chi connectivity index (χ4n) is 3.26. The monoisotopic (exact) mass is 363 g/mol. The predicted octanol–water partition coefficient (Wildman–Crippen LogP) is 5.12. The molecule has 0 heterocycles. The molecular formula is C20H29NO3S. The molecule has 0 saturated heterocycles. The van der Waals surface area contributed by atoms with Crippen molar-refractivity contribution in [3.05, 3.63) is 35.6 Å². The number of unbranched alkanes of at least 4 members (excludes halogenated alkanes) is 1. The van der Waals surface area contributed by atoms with E-state index < -0.39 is 5.54 Å². The smallest absolute Gasteiger partial charge is 0.310 e. The minimum atomic E-state index is -0.410. The number of thioether (sulfide) groups is 1. The number of hydrogen-bond donors (Lipinski definition) is 1. The second kappa shape index (κ2) is 9.27. The van der Waals surface area contributed by atoms with E-state index >= 15 is 0 Å². The highest BCUT2D eigenvalue weighted by Crippen LogP contribution is 2.30.